The molecule has 0 aliphatic carbocycles. The van der Waals surface area contributed by atoms with Crippen molar-refractivity contribution in [1.29, 1.82) is 0 Å². The zero-order chi connectivity index (χ0) is 68.2. The predicted molar refractivity (Wildman–Crippen MR) is 336 cm³/mol. The second-order valence-corrected chi connectivity index (χ2v) is 26.6. The van der Waals surface area contributed by atoms with Crippen molar-refractivity contribution in [3.63, 3.8) is 0 Å². The highest BCUT2D eigenvalue weighted by Crippen LogP contribution is 2.40. The molecule has 536 valence electrons. The Balaban J connectivity index is 1.22. The van der Waals surface area contributed by atoms with Crippen LogP contribution in [0.4, 0.5) is 0 Å². The van der Waals surface area contributed by atoms with Crippen molar-refractivity contribution in [2.45, 2.75) is 357 Å². The summed E-state index contributed by atoms with van der Waals surface area (Å²) in [5.41, 5.74) is 0.646. The Bertz CT molecular complexity index is 2440. The standard InChI is InChI=1S/C69H110O25/c1-10-12-14-15-17-21-28-34-46(70)87-56-41(7)83-67(60(54(56)78)89-48(72)37-36-44-30-25-23-26-31-44)92-58-43(9)85-69(63(90-64(80)38(3)4)62(58)94-65-53(77)51(75)49(73)39(5)81-65)91-57-42(8)84-68-61(55(57)79)88-47(71)35-29-22-19-16-18-20-27-33-45(32-24-13-11-2)86-66-59(93-68)52(76)50(74)40(6)82-66/h23,25-26,30-31,36-43,45,49-63,65-69,73-79H,10-22,24,27-29,32-35H2,1-9H3. The zero-order valence-corrected chi connectivity index (χ0v) is 56.5. The maximum atomic E-state index is 14.1. The second-order valence-electron chi connectivity index (χ2n) is 26.6. The SMILES string of the molecule is CCCCCCCCCC(=O)OC1C(C)OC(OC2C(C)OC(OC3C(C)OC4OC5C(OC(CCCCC)CCCCCCCCCC(=O)OC4C3O)OC(C)C(O)C5O)C(OC(=O)C(C)C)C2OC2OC(C)C(O)C(O)C2O)C(OC(=O)C=Cc2ccccc2)C1O. The lowest BCUT2D eigenvalue weighted by Crippen LogP contribution is -2.68. The van der Waals surface area contributed by atoms with Gasteiger partial charge in [-0.3, -0.25) is 14.4 Å². The monoisotopic (exact) mass is 1340 g/mol. The van der Waals surface area contributed by atoms with Crippen molar-refractivity contribution in [2.24, 2.45) is 5.92 Å². The van der Waals surface area contributed by atoms with E-state index in [-0.39, 0.29) is 18.9 Å². The van der Waals surface area contributed by atoms with Crippen LogP contribution in [0.15, 0.2) is 36.4 Å². The Morgan fingerprint density at radius 2 is 1.05 bits per heavy atom. The summed E-state index contributed by atoms with van der Waals surface area (Å²) in [6, 6.07) is 8.85. The molecule has 0 spiro atoms. The van der Waals surface area contributed by atoms with Crippen LogP contribution in [0.2, 0.25) is 0 Å². The number of ether oxygens (including phenoxy) is 14. The lowest BCUT2D eigenvalue weighted by Gasteiger charge is -2.51. The van der Waals surface area contributed by atoms with Gasteiger partial charge in [0, 0.05) is 18.9 Å². The summed E-state index contributed by atoms with van der Waals surface area (Å²) in [5.74, 6) is -3.96. The van der Waals surface area contributed by atoms with Gasteiger partial charge in [-0.1, -0.05) is 154 Å². The molecule has 0 bridgehead atoms. The van der Waals surface area contributed by atoms with Gasteiger partial charge >= 0.3 is 23.9 Å². The summed E-state index contributed by atoms with van der Waals surface area (Å²) in [6.45, 7) is 14.9. The summed E-state index contributed by atoms with van der Waals surface area (Å²) in [5, 5.41) is 81.6. The van der Waals surface area contributed by atoms with Crippen LogP contribution in [-0.2, 0) is 85.5 Å². The highest BCUT2D eigenvalue weighted by molar-refractivity contribution is 5.87. The molecular formula is C69H110O25. The number of fused-ring (bicyclic) bond motifs is 2. The number of carbonyl (C=O) groups is 4. The van der Waals surface area contributed by atoms with Crippen molar-refractivity contribution in [1.82, 2.24) is 0 Å². The van der Waals surface area contributed by atoms with E-state index in [1.807, 2.05) is 0 Å². The van der Waals surface area contributed by atoms with E-state index in [2.05, 4.69) is 13.8 Å². The molecule has 0 saturated carbocycles. The number of carbonyl (C=O) groups excluding carboxylic acids is 4. The van der Waals surface area contributed by atoms with Crippen molar-refractivity contribution >= 4 is 30.0 Å². The quantitative estimate of drug-likeness (QED) is 0.0254. The van der Waals surface area contributed by atoms with Crippen molar-refractivity contribution < 1.29 is 121 Å². The molecule has 7 rings (SSSR count). The summed E-state index contributed by atoms with van der Waals surface area (Å²) >= 11 is 0. The molecule has 0 radical (unpaired) electrons. The summed E-state index contributed by atoms with van der Waals surface area (Å²) in [4.78, 5) is 55.4. The van der Waals surface area contributed by atoms with Crippen LogP contribution in [0.1, 0.15) is 203 Å². The third kappa shape index (κ3) is 21.8. The number of aliphatic hydroxyl groups is 7. The van der Waals surface area contributed by atoms with Gasteiger partial charge in [-0.05, 0) is 71.9 Å². The summed E-state index contributed by atoms with van der Waals surface area (Å²) in [7, 11) is 0. The minimum atomic E-state index is -1.95. The topological polar surface area (TPSA) is 339 Å². The first kappa shape index (κ1) is 77.5. The van der Waals surface area contributed by atoms with E-state index in [1.165, 1.54) is 33.8 Å². The maximum Gasteiger partial charge on any atom is 0.331 e. The van der Waals surface area contributed by atoms with Crippen LogP contribution >= 0.6 is 0 Å². The minimum absolute atomic E-state index is 0.0417. The molecule has 7 N–H and O–H groups in total. The van der Waals surface area contributed by atoms with Gasteiger partial charge < -0.3 is 102 Å². The second kappa shape index (κ2) is 38.5. The van der Waals surface area contributed by atoms with Crippen molar-refractivity contribution in [2.75, 3.05) is 0 Å². The molecule has 6 saturated heterocycles. The highest BCUT2D eigenvalue weighted by Gasteiger charge is 2.59. The van der Waals surface area contributed by atoms with Gasteiger partial charge in [-0.25, -0.2) is 4.79 Å². The molecule has 1 aromatic carbocycles. The molecule has 25 heteroatoms. The number of benzene rings is 1. The van der Waals surface area contributed by atoms with Gasteiger partial charge in [-0.15, -0.1) is 0 Å². The van der Waals surface area contributed by atoms with Gasteiger partial charge in [0.1, 0.15) is 67.1 Å². The first-order chi connectivity index (χ1) is 45.0. The van der Waals surface area contributed by atoms with E-state index >= 15 is 0 Å². The Hall–Kier alpha value is -3.84. The smallest absolute Gasteiger partial charge is 0.331 e. The molecule has 0 amide bonds. The molecule has 26 atom stereocenters. The molecule has 26 unspecified atom stereocenters. The Kier molecular flexibility index (Phi) is 31.7. The normalized spacial score (nSPS) is 39.1. The van der Waals surface area contributed by atoms with E-state index in [0.29, 0.717) is 31.2 Å². The van der Waals surface area contributed by atoms with E-state index in [1.54, 1.807) is 51.1 Å². The fourth-order valence-corrected chi connectivity index (χ4v) is 12.8. The first-order valence-corrected chi connectivity index (χ1v) is 34.9. The number of rotatable bonds is 24. The van der Waals surface area contributed by atoms with E-state index < -0.39 is 183 Å². The van der Waals surface area contributed by atoms with Crippen LogP contribution in [-0.4, -0.2) is 219 Å². The predicted octanol–water partition coefficient (Wildman–Crippen LogP) is 6.42. The summed E-state index contributed by atoms with van der Waals surface area (Å²) in [6.07, 6.45) is -19.9. The zero-order valence-electron chi connectivity index (χ0n) is 56.5. The third-order valence-electron chi connectivity index (χ3n) is 18.6. The number of hydrogen-bond donors (Lipinski definition) is 7. The van der Waals surface area contributed by atoms with Crippen LogP contribution in [0, 0.1) is 5.92 Å². The van der Waals surface area contributed by atoms with Crippen LogP contribution in [0.25, 0.3) is 6.08 Å². The van der Waals surface area contributed by atoms with E-state index in [0.717, 1.165) is 102 Å². The van der Waals surface area contributed by atoms with Gasteiger partial charge in [0.15, 0.2) is 55.9 Å². The number of unbranched alkanes of at least 4 members (excludes halogenated alkanes) is 8. The Labute approximate surface area is 553 Å². The van der Waals surface area contributed by atoms with Crippen molar-refractivity contribution in [3.8, 4) is 0 Å². The maximum absolute atomic E-state index is 14.1. The van der Waals surface area contributed by atoms with Crippen molar-refractivity contribution in [3.05, 3.63) is 42.0 Å². The lowest BCUT2D eigenvalue weighted by atomic mass is 9.95. The number of hydrogen-bond acceptors (Lipinski definition) is 25. The first-order valence-electron chi connectivity index (χ1n) is 34.9. The molecular weight excluding hydrogens is 1230 g/mol. The molecule has 6 heterocycles. The van der Waals surface area contributed by atoms with Crippen LogP contribution < -0.4 is 0 Å². The van der Waals surface area contributed by atoms with Gasteiger partial charge in [0.25, 0.3) is 0 Å². The number of esters is 4. The van der Waals surface area contributed by atoms with Crippen LogP contribution in [0.3, 0.4) is 0 Å². The molecule has 6 fully saturated rings. The molecule has 94 heavy (non-hydrogen) atoms. The van der Waals surface area contributed by atoms with Gasteiger partial charge in [-0.2, -0.15) is 0 Å². The molecule has 6 aliphatic heterocycles. The van der Waals surface area contributed by atoms with Gasteiger partial charge in [0.2, 0.25) is 0 Å². The van der Waals surface area contributed by atoms with Crippen LogP contribution in [0.5, 0.6) is 0 Å². The third-order valence-corrected chi connectivity index (χ3v) is 18.6. The summed E-state index contributed by atoms with van der Waals surface area (Å²) < 4.78 is 89.3. The Morgan fingerprint density at radius 3 is 1.74 bits per heavy atom. The molecule has 1 aromatic rings. The average Bonchev–Trinajstić information content (AvgIpc) is 0.770. The van der Waals surface area contributed by atoms with E-state index in [4.69, 9.17) is 66.3 Å². The highest BCUT2D eigenvalue weighted by atomic mass is 16.8. The molecule has 0 aromatic heterocycles. The largest absolute Gasteiger partial charge is 0.457 e. The Morgan fingerprint density at radius 1 is 0.500 bits per heavy atom. The van der Waals surface area contributed by atoms with E-state index in [9.17, 15) is 54.9 Å². The van der Waals surface area contributed by atoms with Gasteiger partial charge in [0.05, 0.1) is 42.5 Å². The molecule has 25 nitrogen and oxygen atoms in total. The average molecular weight is 1340 g/mol. The fraction of sp³-hybridized carbons (Fsp3) is 0.826. The minimum Gasteiger partial charge on any atom is -0.457 e. The lowest BCUT2D eigenvalue weighted by molar-refractivity contribution is -0.399. The number of aliphatic hydroxyl groups excluding tert-OH is 7. The molecule has 6 aliphatic rings. The fourth-order valence-electron chi connectivity index (χ4n) is 12.8.